The lowest BCUT2D eigenvalue weighted by Gasteiger charge is -2.13. The van der Waals surface area contributed by atoms with Crippen molar-refractivity contribution in [1.82, 2.24) is 4.98 Å². The molecule has 0 saturated carbocycles. The molecule has 22 heavy (non-hydrogen) atoms. The molecule has 1 aromatic carbocycles. The third-order valence-corrected chi connectivity index (χ3v) is 3.43. The van der Waals surface area contributed by atoms with Crippen LogP contribution in [0.15, 0.2) is 51.9 Å². The van der Waals surface area contributed by atoms with Crippen LogP contribution in [0.5, 0.6) is 5.75 Å². The average molecular weight is 316 g/mol. The number of hydrogen-bond donors (Lipinski definition) is 0. The lowest BCUT2D eigenvalue weighted by atomic mass is 10.0. The fourth-order valence-electron chi connectivity index (χ4n) is 2.27. The van der Waals surface area contributed by atoms with E-state index in [9.17, 15) is 4.79 Å². The molecule has 0 spiro atoms. The maximum atomic E-state index is 11.8. The Morgan fingerprint density at radius 1 is 1.27 bits per heavy atom. The molecule has 0 saturated heterocycles. The van der Waals surface area contributed by atoms with E-state index in [0.717, 1.165) is 16.5 Å². The smallest absolute Gasteiger partial charge is 0.336 e. The molecular formula is C17H14ClNO3. The first-order chi connectivity index (χ1) is 10.5. The second kappa shape index (κ2) is 5.81. The van der Waals surface area contributed by atoms with Crippen LogP contribution in [0.4, 0.5) is 0 Å². The Kier molecular flexibility index (Phi) is 3.86. The normalized spacial score (nSPS) is 11.1. The predicted molar refractivity (Wildman–Crippen MR) is 86.5 cm³/mol. The third-order valence-electron chi connectivity index (χ3n) is 3.13. The van der Waals surface area contributed by atoms with Crippen LogP contribution in [0.1, 0.15) is 13.8 Å². The summed E-state index contributed by atoms with van der Waals surface area (Å²) in [4.78, 5) is 15.9. The summed E-state index contributed by atoms with van der Waals surface area (Å²) < 4.78 is 10.9. The van der Waals surface area contributed by atoms with E-state index in [1.807, 2.05) is 26.0 Å². The minimum atomic E-state index is -0.427. The molecule has 0 aliphatic carbocycles. The van der Waals surface area contributed by atoms with Crippen molar-refractivity contribution in [2.75, 3.05) is 0 Å². The van der Waals surface area contributed by atoms with E-state index in [1.54, 1.807) is 24.5 Å². The van der Waals surface area contributed by atoms with Gasteiger partial charge >= 0.3 is 5.63 Å². The van der Waals surface area contributed by atoms with Gasteiger partial charge in [-0.25, -0.2) is 4.79 Å². The summed E-state index contributed by atoms with van der Waals surface area (Å²) in [6.07, 6.45) is 3.35. The molecule has 5 heteroatoms. The van der Waals surface area contributed by atoms with Crippen molar-refractivity contribution in [3.05, 3.63) is 58.2 Å². The molecule has 112 valence electrons. The van der Waals surface area contributed by atoms with E-state index in [1.165, 1.54) is 6.07 Å². The average Bonchev–Trinajstić information content (AvgIpc) is 2.48. The van der Waals surface area contributed by atoms with Crippen LogP contribution >= 0.6 is 11.6 Å². The van der Waals surface area contributed by atoms with Gasteiger partial charge < -0.3 is 9.15 Å². The fraction of sp³-hybridized carbons (Fsp3) is 0.176. The Balaban J connectivity index is 2.27. The first kappa shape index (κ1) is 14.6. The van der Waals surface area contributed by atoms with E-state index in [2.05, 4.69) is 4.98 Å². The number of nitrogens with zero attached hydrogens (tertiary/aromatic N) is 1. The van der Waals surface area contributed by atoms with Crippen molar-refractivity contribution in [3.63, 3.8) is 0 Å². The zero-order chi connectivity index (χ0) is 15.7. The minimum Gasteiger partial charge on any atom is -0.489 e. The standard InChI is InChI=1S/C17H14ClNO3/c1-10(2)21-16-8-15-13(6-14(16)18)12(7-17(20)22-15)11-4-3-5-19-9-11/h3-10H,1-2H3. The Morgan fingerprint density at radius 2 is 2.09 bits per heavy atom. The number of hydrogen-bond acceptors (Lipinski definition) is 4. The zero-order valence-corrected chi connectivity index (χ0v) is 12.9. The highest BCUT2D eigenvalue weighted by atomic mass is 35.5. The van der Waals surface area contributed by atoms with Gasteiger partial charge in [0.1, 0.15) is 11.3 Å². The topological polar surface area (TPSA) is 52.3 Å². The highest BCUT2D eigenvalue weighted by Gasteiger charge is 2.13. The van der Waals surface area contributed by atoms with Crippen LogP contribution in [0.2, 0.25) is 5.02 Å². The van der Waals surface area contributed by atoms with Gasteiger partial charge in [-0.05, 0) is 26.0 Å². The van der Waals surface area contributed by atoms with E-state index in [0.29, 0.717) is 16.4 Å². The summed E-state index contributed by atoms with van der Waals surface area (Å²) in [5, 5.41) is 1.22. The molecular weight excluding hydrogens is 302 g/mol. The van der Waals surface area contributed by atoms with Crippen molar-refractivity contribution in [2.24, 2.45) is 0 Å². The predicted octanol–water partition coefficient (Wildman–Crippen LogP) is 4.30. The first-order valence-corrected chi connectivity index (χ1v) is 7.27. The molecule has 0 fully saturated rings. The molecule has 2 aromatic heterocycles. The number of halogens is 1. The van der Waals surface area contributed by atoms with Gasteiger partial charge in [0.25, 0.3) is 0 Å². The van der Waals surface area contributed by atoms with E-state index in [-0.39, 0.29) is 6.10 Å². The quantitative estimate of drug-likeness (QED) is 0.676. The SMILES string of the molecule is CC(C)Oc1cc2oc(=O)cc(-c3cccnc3)c2cc1Cl. The number of benzene rings is 1. The van der Waals surface area contributed by atoms with Crippen molar-refractivity contribution < 1.29 is 9.15 Å². The lowest BCUT2D eigenvalue weighted by Crippen LogP contribution is -2.06. The number of fused-ring (bicyclic) bond motifs is 1. The summed E-state index contributed by atoms with van der Waals surface area (Å²) in [5.41, 5.74) is 1.57. The molecule has 0 atom stereocenters. The highest BCUT2D eigenvalue weighted by Crippen LogP contribution is 2.34. The van der Waals surface area contributed by atoms with Crippen LogP contribution in [-0.2, 0) is 0 Å². The number of rotatable bonds is 3. The molecule has 3 aromatic rings. The number of pyridine rings is 1. The number of aromatic nitrogens is 1. The van der Waals surface area contributed by atoms with Crippen LogP contribution in [0.3, 0.4) is 0 Å². The first-order valence-electron chi connectivity index (χ1n) is 6.89. The molecule has 0 bridgehead atoms. The lowest BCUT2D eigenvalue weighted by molar-refractivity contribution is 0.242. The molecule has 0 aliphatic heterocycles. The van der Waals surface area contributed by atoms with Gasteiger partial charge in [-0.1, -0.05) is 17.7 Å². The zero-order valence-electron chi connectivity index (χ0n) is 12.2. The molecule has 4 nitrogen and oxygen atoms in total. The van der Waals surface area contributed by atoms with Crippen LogP contribution in [0.25, 0.3) is 22.1 Å². The largest absolute Gasteiger partial charge is 0.489 e. The van der Waals surface area contributed by atoms with Crippen LogP contribution < -0.4 is 10.4 Å². The molecule has 2 heterocycles. The van der Waals surface area contributed by atoms with Gasteiger partial charge in [-0.2, -0.15) is 0 Å². The Hall–Kier alpha value is -2.33. The van der Waals surface area contributed by atoms with Crippen molar-refractivity contribution in [2.45, 2.75) is 20.0 Å². The summed E-state index contributed by atoms with van der Waals surface area (Å²) in [7, 11) is 0. The molecule has 0 amide bonds. The molecule has 0 radical (unpaired) electrons. The van der Waals surface area contributed by atoms with Gasteiger partial charge in [0, 0.05) is 41.0 Å². The maximum Gasteiger partial charge on any atom is 0.336 e. The second-order valence-corrected chi connectivity index (χ2v) is 5.57. The Morgan fingerprint density at radius 3 is 2.77 bits per heavy atom. The van der Waals surface area contributed by atoms with Gasteiger partial charge in [-0.3, -0.25) is 4.98 Å². The Labute approximate surface area is 132 Å². The third kappa shape index (κ3) is 2.83. The summed E-state index contributed by atoms with van der Waals surface area (Å²) in [6.45, 7) is 3.81. The fourth-order valence-corrected chi connectivity index (χ4v) is 2.48. The van der Waals surface area contributed by atoms with Crippen molar-refractivity contribution in [3.8, 4) is 16.9 Å². The molecule has 0 unspecified atom stereocenters. The van der Waals surface area contributed by atoms with Gasteiger partial charge in [0.05, 0.1) is 11.1 Å². The summed E-state index contributed by atoms with van der Waals surface area (Å²) >= 11 is 6.29. The molecule has 0 aliphatic rings. The summed E-state index contributed by atoms with van der Waals surface area (Å²) in [5.74, 6) is 0.496. The molecule has 3 rings (SSSR count). The van der Waals surface area contributed by atoms with Gasteiger partial charge in [0.2, 0.25) is 0 Å². The Bertz CT molecular complexity index is 872. The van der Waals surface area contributed by atoms with E-state index in [4.69, 9.17) is 20.8 Å². The molecule has 0 N–H and O–H groups in total. The van der Waals surface area contributed by atoms with Gasteiger partial charge in [-0.15, -0.1) is 0 Å². The monoisotopic (exact) mass is 315 g/mol. The highest BCUT2D eigenvalue weighted by molar-refractivity contribution is 6.33. The second-order valence-electron chi connectivity index (χ2n) is 5.17. The van der Waals surface area contributed by atoms with Gasteiger partial charge in [0.15, 0.2) is 0 Å². The number of ether oxygens (including phenoxy) is 1. The van der Waals surface area contributed by atoms with Crippen molar-refractivity contribution >= 4 is 22.6 Å². The minimum absolute atomic E-state index is 0.0248. The van der Waals surface area contributed by atoms with Crippen molar-refractivity contribution in [1.29, 1.82) is 0 Å². The van der Waals surface area contributed by atoms with E-state index < -0.39 is 5.63 Å². The van der Waals surface area contributed by atoms with Crippen LogP contribution in [0, 0.1) is 0 Å². The maximum absolute atomic E-state index is 11.8. The van der Waals surface area contributed by atoms with E-state index >= 15 is 0 Å². The summed E-state index contributed by atoms with van der Waals surface area (Å²) in [6, 6.07) is 8.54. The van der Waals surface area contributed by atoms with Crippen LogP contribution in [-0.4, -0.2) is 11.1 Å².